The zero-order valence-electron chi connectivity index (χ0n) is 15.3. The molecule has 2 aliphatic rings. The van der Waals surface area contributed by atoms with Crippen LogP contribution in [0.2, 0.25) is 0 Å². The molecule has 134 valence electrons. The third kappa shape index (κ3) is 3.60. The molecular weight excluding hydrogens is 312 g/mol. The largest absolute Gasteiger partial charge is 0.333 e. The highest BCUT2D eigenvalue weighted by Crippen LogP contribution is 2.28. The van der Waals surface area contributed by atoms with Gasteiger partial charge >= 0.3 is 0 Å². The van der Waals surface area contributed by atoms with Crippen molar-refractivity contribution in [3.63, 3.8) is 0 Å². The maximum atomic E-state index is 4.65. The zero-order valence-corrected chi connectivity index (χ0v) is 15.3. The lowest BCUT2D eigenvalue weighted by Crippen LogP contribution is -2.42. The molecule has 4 heterocycles. The van der Waals surface area contributed by atoms with Crippen LogP contribution in [-0.4, -0.2) is 68.6 Å². The molecule has 0 radical (unpaired) electrons. The van der Waals surface area contributed by atoms with E-state index in [1.54, 1.807) is 6.20 Å². The summed E-state index contributed by atoms with van der Waals surface area (Å²) in [6, 6.07) is 0.775. The minimum atomic E-state index is 0.676. The standard InChI is InChI=1S/C19H28N6/c1-23-9-4-16(5-10-23)25-11-3-15(14-25)13-17-18(21-7-6-20-17)19-22-8-12-24(19)2/h6-8,12,15-16H,3-5,9-11,13-14H2,1-2H3. The number of likely N-dealkylation sites (tertiary alicyclic amines) is 2. The fourth-order valence-electron chi connectivity index (χ4n) is 4.29. The average molecular weight is 340 g/mol. The molecule has 0 aliphatic carbocycles. The van der Waals surface area contributed by atoms with Gasteiger partial charge in [0.1, 0.15) is 5.69 Å². The normalized spacial score (nSPS) is 23.4. The van der Waals surface area contributed by atoms with Crippen molar-refractivity contribution in [3.8, 4) is 11.5 Å². The first-order chi connectivity index (χ1) is 12.2. The number of aryl methyl sites for hydroxylation is 1. The number of rotatable bonds is 4. The molecule has 0 spiro atoms. The van der Waals surface area contributed by atoms with Gasteiger partial charge in [0.2, 0.25) is 0 Å². The fourth-order valence-corrected chi connectivity index (χ4v) is 4.29. The second-order valence-corrected chi connectivity index (χ2v) is 7.60. The lowest BCUT2D eigenvalue weighted by molar-refractivity contribution is 0.140. The van der Waals surface area contributed by atoms with Gasteiger partial charge in [0.15, 0.2) is 5.82 Å². The van der Waals surface area contributed by atoms with Crippen LogP contribution in [0.4, 0.5) is 0 Å². The van der Waals surface area contributed by atoms with E-state index < -0.39 is 0 Å². The summed E-state index contributed by atoms with van der Waals surface area (Å²) in [5.41, 5.74) is 2.03. The third-order valence-electron chi connectivity index (χ3n) is 5.81. The Labute approximate surface area is 149 Å². The molecule has 2 aromatic heterocycles. The Kier molecular flexibility index (Phi) is 4.81. The molecule has 0 aromatic carbocycles. The van der Waals surface area contributed by atoms with Crippen molar-refractivity contribution >= 4 is 0 Å². The van der Waals surface area contributed by atoms with E-state index in [1.807, 2.05) is 30.2 Å². The van der Waals surface area contributed by atoms with Crippen LogP contribution in [0.1, 0.15) is 25.0 Å². The smallest absolute Gasteiger partial charge is 0.160 e. The monoisotopic (exact) mass is 340 g/mol. The Bertz CT molecular complexity index is 703. The Balaban J connectivity index is 1.43. The molecule has 0 saturated carbocycles. The van der Waals surface area contributed by atoms with Gasteiger partial charge in [-0.05, 0) is 58.3 Å². The zero-order chi connectivity index (χ0) is 17.2. The van der Waals surface area contributed by atoms with Gasteiger partial charge in [-0.15, -0.1) is 0 Å². The van der Waals surface area contributed by atoms with Gasteiger partial charge in [-0.25, -0.2) is 9.97 Å². The summed E-state index contributed by atoms with van der Waals surface area (Å²) in [6.07, 6.45) is 12.3. The van der Waals surface area contributed by atoms with Crippen molar-refractivity contribution in [2.45, 2.75) is 31.7 Å². The Hall–Kier alpha value is -1.79. The van der Waals surface area contributed by atoms with Gasteiger partial charge < -0.3 is 9.47 Å². The van der Waals surface area contributed by atoms with Crippen LogP contribution < -0.4 is 0 Å². The molecule has 6 heteroatoms. The Morgan fingerprint density at radius 2 is 1.76 bits per heavy atom. The van der Waals surface area contributed by atoms with E-state index in [0.717, 1.165) is 29.7 Å². The summed E-state index contributed by atoms with van der Waals surface area (Å²) < 4.78 is 2.02. The highest BCUT2D eigenvalue weighted by Gasteiger charge is 2.30. The maximum absolute atomic E-state index is 4.65. The molecule has 0 N–H and O–H groups in total. The van der Waals surface area contributed by atoms with Gasteiger partial charge in [0.05, 0.1) is 5.69 Å². The number of nitrogens with zero attached hydrogens (tertiary/aromatic N) is 6. The molecule has 2 aromatic rings. The van der Waals surface area contributed by atoms with E-state index in [1.165, 1.54) is 45.4 Å². The van der Waals surface area contributed by atoms with Crippen LogP contribution in [0.15, 0.2) is 24.8 Å². The summed E-state index contributed by atoms with van der Waals surface area (Å²) in [5, 5.41) is 0. The van der Waals surface area contributed by atoms with Crippen molar-refractivity contribution in [1.82, 2.24) is 29.3 Å². The van der Waals surface area contributed by atoms with Crippen LogP contribution in [0.25, 0.3) is 11.5 Å². The van der Waals surface area contributed by atoms with Crippen LogP contribution in [0.3, 0.4) is 0 Å². The van der Waals surface area contributed by atoms with Crippen LogP contribution in [0.5, 0.6) is 0 Å². The van der Waals surface area contributed by atoms with Crippen molar-refractivity contribution in [3.05, 3.63) is 30.5 Å². The predicted molar refractivity (Wildman–Crippen MR) is 98.1 cm³/mol. The molecule has 1 unspecified atom stereocenters. The topological polar surface area (TPSA) is 50.1 Å². The highest BCUT2D eigenvalue weighted by molar-refractivity contribution is 5.52. The first-order valence-electron chi connectivity index (χ1n) is 9.41. The summed E-state index contributed by atoms with van der Waals surface area (Å²) in [4.78, 5) is 18.8. The van der Waals surface area contributed by atoms with E-state index in [4.69, 9.17) is 0 Å². The lowest BCUT2D eigenvalue weighted by atomic mass is 10.0. The first kappa shape index (κ1) is 16.7. The summed E-state index contributed by atoms with van der Waals surface area (Å²) >= 11 is 0. The van der Waals surface area contributed by atoms with E-state index in [9.17, 15) is 0 Å². The second-order valence-electron chi connectivity index (χ2n) is 7.60. The van der Waals surface area contributed by atoms with Crippen molar-refractivity contribution in [2.75, 3.05) is 33.2 Å². The number of piperidine rings is 1. The van der Waals surface area contributed by atoms with Crippen molar-refractivity contribution in [2.24, 2.45) is 13.0 Å². The van der Waals surface area contributed by atoms with Gasteiger partial charge in [-0.1, -0.05) is 0 Å². The highest BCUT2D eigenvalue weighted by atomic mass is 15.2. The molecule has 1 atom stereocenters. The van der Waals surface area contributed by atoms with Gasteiger partial charge in [0.25, 0.3) is 0 Å². The molecule has 2 saturated heterocycles. The maximum Gasteiger partial charge on any atom is 0.160 e. The summed E-state index contributed by atoms with van der Waals surface area (Å²) in [6.45, 7) is 4.90. The number of hydrogen-bond acceptors (Lipinski definition) is 5. The molecule has 6 nitrogen and oxygen atoms in total. The van der Waals surface area contributed by atoms with E-state index in [2.05, 4.69) is 31.8 Å². The summed E-state index contributed by atoms with van der Waals surface area (Å²) in [7, 11) is 4.24. The molecule has 0 amide bonds. The van der Waals surface area contributed by atoms with E-state index in [0.29, 0.717) is 5.92 Å². The third-order valence-corrected chi connectivity index (χ3v) is 5.81. The van der Waals surface area contributed by atoms with Gasteiger partial charge in [-0.2, -0.15) is 0 Å². The molecular formula is C19H28N6. The van der Waals surface area contributed by atoms with Gasteiger partial charge in [-0.3, -0.25) is 9.88 Å². The number of imidazole rings is 1. The van der Waals surface area contributed by atoms with E-state index in [-0.39, 0.29) is 0 Å². The minimum absolute atomic E-state index is 0.676. The second kappa shape index (κ2) is 7.22. The molecule has 2 aliphatic heterocycles. The fraction of sp³-hybridized carbons (Fsp3) is 0.632. The van der Waals surface area contributed by atoms with Crippen LogP contribution in [-0.2, 0) is 13.5 Å². The van der Waals surface area contributed by atoms with Gasteiger partial charge in [0, 0.05) is 44.4 Å². The quantitative estimate of drug-likeness (QED) is 0.850. The average Bonchev–Trinajstić information content (AvgIpc) is 3.25. The Morgan fingerprint density at radius 3 is 2.52 bits per heavy atom. The molecule has 4 rings (SSSR count). The van der Waals surface area contributed by atoms with Crippen molar-refractivity contribution in [1.29, 1.82) is 0 Å². The lowest BCUT2D eigenvalue weighted by Gasteiger charge is -2.35. The first-order valence-corrected chi connectivity index (χ1v) is 9.41. The van der Waals surface area contributed by atoms with Crippen LogP contribution >= 0.6 is 0 Å². The molecule has 25 heavy (non-hydrogen) atoms. The molecule has 0 bridgehead atoms. The van der Waals surface area contributed by atoms with Crippen LogP contribution in [0, 0.1) is 5.92 Å². The van der Waals surface area contributed by atoms with Crippen molar-refractivity contribution < 1.29 is 0 Å². The number of aromatic nitrogens is 4. The summed E-state index contributed by atoms with van der Waals surface area (Å²) in [5.74, 6) is 1.59. The Morgan fingerprint density at radius 1 is 0.960 bits per heavy atom. The SMILES string of the molecule is CN1CCC(N2CCC(Cc3nccnc3-c3nccn3C)C2)CC1. The minimum Gasteiger partial charge on any atom is -0.333 e. The van der Waals surface area contributed by atoms with E-state index >= 15 is 0 Å². The predicted octanol–water partition coefficient (Wildman–Crippen LogP) is 1.84. The molecule has 2 fully saturated rings. The number of hydrogen-bond donors (Lipinski definition) is 0.